The van der Waals surface area contributed by atoms with Crippen molar-refractivity contribution < 1.29 is 5.21 Å². The van der Waals surface area contributed by atoms with Crippen LogP contribution in [0.5, 0.6) is 0 Å². The summed E-state index contributed by atoms with van der Waals surface area (Å²) in [5, 5.41) is 15.0. The molecule has 0 radical (unpaired) electrons. The Kier molecular flexibility index (Phi) is 3.38. The van der Waals surface area contributed by atoms with Crippen molar-refractivity contribution in [3.8, 4) is 0 Å². The maximum Gasteiger partial charge on any atom is 0.237 e. The molecule has 0 unspecified atom stereocenters. The van der Waals surface area contributed by atoms with E-state index < -0.39 is 0 Å². The van der Waals surface area contributed by atoms with E-state index in [2.05, 4.69) is 10.2 Å². The Hall–Kier alpha value is -1.10. The second-order valence-corrected chi connectivity index (χ2v) is 1.64. The van der Waals surface area contributed by atoms with Gasteiger partial charge in [0.15, 0.2) is 0 Å². The Balaban J connectivity index is 3.83. The molecule has 0 aliphatic heterocycles. The van der Waals surface area contributed by atoms with Crippen molar-refractivity contribution in [1.29, 1.82) is 0 Å². The SMILES string of the molecule is CC(C)=NN=C(N)NO. The third-order valence-electron chi connectivity index (χ3n) is 0.472. The van der Waals surface area contributed by atoms with Gasteiger partial charge in [-0.3, -0.25) is 5.21 Å². The van der Waals surface area contributed by atoms with Crippen LogP contribution in [-0.4, -0.2) is 16.9 Å². The molecule has 0 spiro atoms. The Morgan fingerprint density at radius 1 is 1.44 bits per heavy atom. The molecule has 0 amide bonds. The van der Waals surface area contributed by atoms with Crippen LogP contribution in [0.1, 0.15) is 13.8 Å². The number of nitrogens with two attached hydrogens (primary N) is 1. The van der Waals surface area contributed by atoms with Crippen LogP contribution in [0, 0.1) is 0 Å². The van der Waals surface area contributed by atoms with Gasteiger partial charge in [-0.05, 0) is 13.8 Å². The van der Waals surface area contributed by atoms with Crippen LogP contribution in [0.15, 0.2) is 10.2 Å². The van der Waals surface area contributed by atoms with Crippen LogP contribution in [0.2, 0.25) is 0 Å². The Labute approximate surface area is 53.2 Å². The molecule has 0 aromatic heterocycles. The van der Waals surface area contributed by atoms with Crippen LogP contribution in [0.25, 0.3) is 0 Å². The molecule has 0 atom stereocenters. The topological polar surface area (TPSA) is 83.0 Å². The summed E-state index contributed by atoms with van der Waals surface area (Å²) >= 11 is 0. The molecule has 0 bridgehead atoms. The zero-order valence-electron chi connectivity index (χ0n) is 5.42. The lowest BCUT2D eigenvalue weighted by atomic mass is 10.5. The van der Waals surface area contributed by atoms with Crippen molar-refractivity contribution in [2.45, 2.75) is 13.8 Å². The van der Waals surface area contributed by atoms with E-state index in [1.807, 2.05) is 0 Å². The largest absolute Gasteiger partial charge is 0.367 e. The molecule has 4 N–H and O–H groups in total. The van der Waals surface area contributed by atoms with E-state index >= 15 is 0 Å². The molecule has 0 aromatic carbocycles. The van der Waals surface area contributed by atoms with Crippen molar-refractivity contribution in [3.05, 3.63) is 0 Å². The Morgan fingerprint density at radius 2 is 2.00 bits per heavy atom. The normalized spacial score (nSPS) is 10.8. The number of hydroxylamine groups is 1. The monoisotopic (exact) mass is 130 g/mol. The van der Waals surface area contributed by atoms with E-state index in [-0.39, 0.29) is 5.96 Å². The highest BCUT2D eigenvalue weighted by molar-refractivity contribution is 5.81. The second-order valence-electron chi connectivity index (χ2n) is 1.64. The number of nitrogens with one attached hydrogen (secondary N) is 1. The number of nitrogens with zero attached hydrogens (tertiary/aromatic N) is 2. The average molecular weight is 130 g/mol. The summed E-state index contributed by atoms with van der Waals surface area (Å²) in [4.78, 5) is 0. The summed E-state index contributed by atoms with van der Waals surface area (Å²) in [5.74, 6) is -0.115. The average Bonchev–Trinajstić information content (AvgIpc) is 1.83. The lowest BCUT2D eigenvalue weighted by Crippen LogP contribution is -2.27. The van der Waals surface area contributed by atoms with Gasteiger partial charge in [0.1, 0.15) is 0 Å². The van der Waals surface area contributed by atoms with Gasteiger partial charge < -0.3 is 5.73 Å². The highest BCUT2D eigenvalue weighted by Crippen LogP contribution is 1.74. The van der Waals surface area contributed by atoms with E-state index in [0.717, 1.165) is 5.71 Å². The molecule has 5 heteroatoms. The van der Waals surface area contributed by atoms with Crippen LogP contribution in [0.4, 0.5) is 0 Å². The molecule has 0 rings (SSSR count). The molecule has 52 valence electrons. The minimum atomic E-state index is -0.115. The molecule has 0 saturated heterocycles. The van der Waals surface area contributed by atoms with Gasteiger partial charge in [-0.2, -0.15) is 5.10 Å². The first kappa shape index (κ1) is 7.90. The third kappa shape index (κ3) is 4.76. The number of rotatable bonds is 1. The first-order valence-corrected chi connectivity index (χ1v) is 2.41. The maximum atomic E-state index is 8.07. The lowest BCUT2D eigenvalue weighted by Gasteiger charge is -1.90. The quantitative estimate of drug-likeness (QED) is 0.258. The second kappa shape index (κ2) is 3.85. The van der Waals surface area contributed by atoms with Crippen molar-refractivity contribution in [3.63, 3.8) is 0 Å². The summed E-state index contributed by atoms with van der Waals surface area (Å²) in [7, 11) is 0. The molecule has 0 saturated carbocycles. The third-order valence-corrected chi connectivity index (χ3v) is 0.472. The fourth-order valence-corrected chi connectivity index (χ4v) is 0.176. The standard InChI is InChI=1S/C4H10N4O/c1-3(2)6-7-4(5)8-9/h9H,1-2H3,(H3,5,7,8). The molecule has 0 heterocycles. The van der Waals surface area contributed by atoms with Gasteiger partial charge in [0.2, 0.25) is 5.96 Å². The molecule has 5 nitrogen and oxygen atoms in total. The smallest absolute Gasteiger partial charge is 0.237 e. The van der Waals surface area contributed by atoms with Gasteiger partial charge in [0.05, 0.1) is 0 Å². The molecule has 9 heavy (non-hydrogen) atoms. The number of guanidine groups is 1. The molecule has 0 fully saturated rings. The van der Waals surface area contributed by atoms with Gasteiger partial charge >= 0.3 is 0 Å². The fraction of sp³-hybridized carbons (Fsp3) is 0.500. The van der Waals surface area contributed by atoms with Gasteiger partial charge in [-0.1, -0.05) is 0 Å². The van der Waals surface area contributed by atoms with Crippen LogP contribution >= 0.6 is 0 Å². The predicted molar refractivity (Wildman–Crippen MR) is 35.3 cm³/mol. The van der Waals surface area contributed by atoms with Crippen molar-refractivity contribution in [2.75, 3.05) is 0 Å². The summed E-state index contributed by atoms with van der Waals surface area (Å²) in [5.41, 5.74) is 7.42. The van der Waals surface area contributed by atoms with Gasteiger partial charge in [-0.15, -0.1) is 5.10 Å². The highest BCUT2D eigenvalue weighted by Gasteiger charge is 1.81. The number of hydrogen-bond donors (Lipinski definition) is 3. The predicted octanol–water partition coefficient (Wildman–Crippen LogP) is -0.324. The molecule has 0 aromatic rings. The zero-order chi connectivity index (χ0) is 7.28. The van der Waals surface area contributed by atoms with E-state index in [1.165, 1.54) is 0 Å². The molecular weight excluding hydrogens is 120 g/mol. The molecule has 0 aliphatic rings. The minimum absolute atomic E-state index is 0.115. The molecule has 0 aliphatic carbocycles. The Morgan fingerprint density at radius 3 is 2.33 bits per heavy atom. The van der Waals surface area contributed by atoms with Gasteiger partial charge in [0, 0.05) is 5.71 Å². The van der Waals surface area contributed by atoms with E-state index in [1.54, 1.807) is 19.3 Å². The van der Waals surface area contributed by atoms with E-state index in [4.69, 9.17) is 10.9 Å². The summed E-state index contributed by atoms with van der Waals surface area (Å²) < 4.78 is 0. The maximum absolute atomic E-state index is 8.07. The van der Waals surface area contributed by atoms with Crippen LogP contribution in [-0.2, 0) is 0 Å². The van der Waals surface area contributed by atoms with E-state index in [9.17, 15) is 0 Å². The summed E-state index contributed by atoms with van der Waals surface area (Å²) in [6, 6.07) is 0. The van der Waals surface area contributed by atoms with Gasteiger partial charge in [-0.25, -0.2) is 5.48 Å². The van der Waals surface area contributed by atoms with Crippen LogP contribution in [0.3, 0.4) is 0 Å². The first-order valence-electron chi connectivity index (χ1n) is 2.41. The molecular formula is C4H10N4O. The highest BCUT2D eigenvalue weighted by atomic mass is 16.5. The summed E-state index contributed by atoms with van der Waals surface area (Å²) in [6.45, 7) is 3.54. The van der Waals surface area contributed by atoms with E-state index in [0.29, 0.717) is 0 Å². The zero-order valence-corrected chi connectivity index (χ0v) is 5.42. The lowest BCUT2D eigenvalue weighted by molar-refractivity contribution is 0.232. The number of hydrogen-bond acceptors (Lipinski definition) is 3. The Bertz CT molecular complexity index is 136. The van der Waals surface area contributed by atoms with Crippen molar-refractivity contribution in [1.82, 2.24) is 5.48 Å². The first-order chi connectivity index (χ1) is 4.16. The van der Waals surface area contributed by atoms with Crippen molar-refractivity contribution in [2.24, 2.45) is 15.9 Å². The minimum Gasteiger partial charge on any atom is -0.367 e. The fourth-order valence-electron chi connectivity index (χ4n) is 0.176. The van der Waals surface area contributed by atoms with Gasteiger partial charge in [0.25, 0.3) is 0 Å². The van der Waals surface area contributed by atoms with Crippen LogP contribution < -0.4 is 11.2 Å². The van der Waals surface area contributed by atoms with Crippen molar-refractivity contribution >= 4 is 11.7 Å². The summed E-state index contributed by atoms with van der Waals surface area (Å²) in [6.07, 6.45) is 0.